The van der Waals surface area contributed by atoms with Gasteiger partial charge in [-0.2, -0.15) is 4.80 Å². The SMILES string of the molecule is CC[C@@H](C)N(C(=O)Cn1nnc(-c2ccccc2)n1)[C@@H]1CCS(=O)(=O)C1. The van der Waals surface area contributed by atoms with Gasteiger partial charge >= 0.3 is 0 Å². The predicted molar refractivity (Wildman–Crippen MR) is 96.9 cm³/mol. The number of hydrogen-bond donors (Lipinski definition) is 0. The molecular formula is C17H23N5O3S. The lowest BCUT2D eigenvalue weighted by atomic mass is 10.1. The molecule has 9 heteroatoms. The summed E-state index contributed by atoms with van der Waals surface area (Å²) in [5.41, 5.74) is 0.826. The van der Waals surface area contributed by atoms with Crippen molar-refractivity contribution in [3.63, 3.8) is 0 Å². The van der Waals surface area contributed by atoms with Crippen molar-refractivity contribution in [1.82, 2.24) is 25.1 Å². The van der Waals surface area contributed by atoms with Crippen LogP contribution in [0.2, 0.25) is 0 Å². The van der Waals surface area contributed by atoms with Crippen LogP contribution in [-0.2, 0) is 21.2 Å². The first-order valence-electron chi connectivity index (χ1n) is 8.74. The molecule has 8 nitrogen and oxygen atoms in total. The minimum absolute atomic E-state index is 0.0309. The van der Waals surface area contributed by atoms with Gasteiger partial charge in [0.2, 0.25) is 11.7 Å². The van der Waals surface area contributed by atoms with Gasteiger partial charge in [-0.1, -0.05) is 37.3 Å². The zero-order chi connectivity index (χ0) is 18.7. The lowest BCUT2D eigenvalue weighted by Crippen LogP contribution is -2.48. The first-order valence-corrected chi connectivity index (χ1v) is 10.6. The van der Waals surface area contributed by atoms with Crippen molar-refractivity contribution in [2.24, 2.45) is 0 Å². The van der Waals surface area contributed by atoms with Crippen molar-refractivity contribution in [3.05, 3.63) is 30.3 Å². The molecule has 2 atom stereocenters. The van der Waals surface area contributed by atoms with E-state index in [2.05, 4.69) is 15.4 Å². The van der Waals surface area contributed by atoms with Crippen LogP contribution in [0.25, 0.3) is 11.4 Å². The zero-order valence-corrected chi connectivity index (χ0v) is 15.8. The van der Waals surface area contributed by atoms with Crippen LogP contribution in [-0.4, -0.2) is 63.0 Å². The zero-order valence-electron chi connectivity index (χ0n) is 14.9. The van der Waals surface area contributed by atoms with Crippen molar-refractivity contribution in [1.29, 1.82) is 0 Å². The minimum atomic E-state index is -3.06. The summed E-state index contributed by atoms with van der Waals surface area (Å²) >= 11 is 0. The minimum Gasteiger partial charge on any atom is -0.334 e. The molecule has 3 rings (SSSR count). The summed E-state index contributed by atoms with van der Waals surface area (Å²) in [4.78, 5) is 15.8. The number of benzene rings is 1. The van der Waals surface area contributed by atoms with Crippen molar-refractivity contribution in [2.45, 2.75) is 45.3 Å². The molecule has 1 aromatic carbocycles. The highest BCUT2D eigenvalue weighted by molar-refractivity contribution is 7.91. The summed E-state index contributed by atoms with van der Waals surface area (Å²) in [6.07, 6.45) is 1.24. The maximum Gasteiger partial charge on any atom is 0.246 e. The van der Waals surface area contributed by atoms with E-state index in [0.29, 0.717) is 12.2 Å². The Bertz CT molecular complexity index is 866. The highest BCUT2D eigenvalue weighted by Gasteiger charge is 2.36. The van der Waals surface area contributed by atoms with Crippen LogP contribution >= 0.6 is 0 Å². The summed E-state index contributed by atoms with van der Waals surface area (Å²) in [7, 11) is -3.06. The monoisotopic (exact) mass is 377 g/mol. The van der Waals surface area contributed by atoms with Gasteiger partial charge in [-0.25, -0.2) is 8.42 Å². The van der Waals surface area contributed by atoms with Gasteiger partial charge in [0, 0.05) is 17.6 Å². The largest absolute Gasteiger partial charge is 0.334 e. The number of rotatable bonds is 6. The molecular weight excluding hydrogens is 354 g/mol. The fourth-order valence-corrected chi connectivity index (χ4v) is 4.93. The van der Waals surface area contributed by atoms with Gasteiger partial charge in [0.05, 0.1) is 11.5 Å². The number of tetrazole rings is 1. The Morgan fingerprint density at radius 2 is 2.08 bits per heavy atom. The van der Waals surface area contributed by atoms with Crippen LogP contribution in [0.15, 0.2) is 30.3 Å². The fourth-order valence-electron chi connectivity index (χ4n) is 3.22. The smallest absolute Gasteiger partial charge is 0.246 e. The number of carbonyl (C=O) groups excluding carboxylic acids is 1. The van der Waals surface area contributed by atoms with Gasteiger partial charge in [-0.3, -0.25) is 4.79 Å². The third-order valence-electron chi connectivity index (χ3n) is 4.72. The topological polar surface area (TPSA) is 98.1 Å². The molecule has 0 aliphatic carbocycles. The van der Waals surface area contributed by atoms with Crippen LogP contribution in [0.4, 0.5) is 0 Å². The second-order valence-corrected chi connectivity index (χ2v) is 8.85. The molecule has 1 aromatic heterocycles. The maximum atomic E-state index is 12.9. The Hall–Kier alpha value is -2.29. The van der Waals surface area contributed by atoms with Crippen molar-refractivity contribution in [2.75, 3.05) is 11.5 Å². The number of nitrogens with zero attached hydrogens (tertiary/aromatic N) is 5. The average Bonchev–Trinajstić information content (AvgIpc) is 3.22. The van der Waals surface area contributed by atoms with Gasteiger partial charge in [0.1, 0.15) is 6.54 Å². The molecule has 140 valence electrons. The molecule has 1 fully saturated rings. The van der Waals surface area contributed by atoms with Gasteiger partial charge in [-0.05, 0) is 25.0 Å². The maximum absolute atomic E-state index is 12.9. The lowest BCUT2D eigenvalue weighted by Gasteiger charge is -2.33. The number of aromatic nitrogens is 4. The standard InChI is InChI=1S/C17H23N5O3S/c1-3-13(2)22(15-9-10-26(24,25)12-15)16(23)11-21-19-17(18-20-21)14-7-5-4-6-8-14/h4-8,13,15H,3,9-12H2,1-2H3/t13-,15-/m1/s1. The van der Waals surface area contributed by atoms with E-state index in [4.69, 9.17) is 0 Å². The van der Waals surface area contributed by atoms with Crippen molar-refractivity contribution in [3.8, 4) is 11.4 Å². The van der Waals surface area contributed by atoms with E-state index < -0.39 is 9.84 Å². The van der Waals surface area contributed by atoms with Crippen LogP contribution in [0.3, 0.4) is 0 Å². The van der Waals surface area contributed by atoms with E-state index >= 15 is 0 Å². The third kappa shape index (κ3) is 4.09. The summed E-state index contributed by atoms with van der Waals surface area (Å²) in [6, 6.07) is 9.09. The summed E-state index contributed by atoms with van der Waals surface area (Å²) in [5.74, 6) is 0.441. The Morgan fingerprint density at radius 1 is 1.35 bits per heavy atom. The summed E-state index contributed by atoms with van der Waals surface area (Å²) in [5, 5.41) is 12.2. The van der Waals surface area contributed by atoms with E-state index in [9.17, 15) is 13.2 Å². The molecule has 1 amide bonds. The fraction of sp³-hybridized carbons (Fsp3) is 0.529. The highest BCUT2D eigenvalue weighted by atomic mass is 32.2. The Kier molecular flexibility index (Phi) is 5.36. The quantitative estimate of drug-likeness (QED) is 0.749. The molecule has 0 bridgehead atoms. The predicted octanol–water partition coefficient (Wildman–Crippen LogP) is 1.15. The van der Waals surface area contributed by atoms with E-state index in [0.717, 1.165) is 12.0 Å². The molecule has 2 heterocycles. The average molecular weight is 377 g/mol. The molecule has 1 aliphatic heterocycles. The van der Waals surface area contributed by atoms with E-state index in [-0.39, 0.29) is 36.0 Å². The molecule has 0 unspecified atom stereocenters. The molecule has 2 aromatic rings. The first-order chi connectivity index (χ1) is 12.4. The Labute approximate surface area is 153 Å². The van der Waals surface area contributed by atoms with Crippen LogP contribution in [0, 0.1) is 0 Å². The molecule has 26 heavy (non-hydrogen) atoms. The van der Waals surface area contributed by atoms with Gasteiger partial charge in [-0.15, -0.1) is 10.2 Å². The molecule has 0 saturated carbocycles. The van der Waals surface area contributed by atoms with Crippen LogP contribution < -0.4 is 0 Å². The van der Waals surface area contributed by atoms with E-state index in [1.54, 1.807) is 4.90 Å². The second-order valence-electron chi connectivity index (χ2n) is 6.62. The van der Waals surface area contributed by atoms with Gasteiger partial charge in [0.25, 0.3) is 0 Å². The van der Waals surface area contributed by atoms with Crippen LogP contribution in [0.5, 0.6) is 0 Å². The third-order valence-corrected chi connectivity index (χ3v) is 6.47. The Balaban J connectivity index is 1.75. The molecule has 0 spiro atoms. The van der Waals surface area contributed by atoms with Crippen molar-refractivity contribution < 1.29 is 13.2 Å². The van der Waals surface area contributed by atoms with E-state index in [1.807, 2.05) is 44.2 Å². The number of amides is 1. The van der Waals surface area contributed by atoms with E-state index in [1.165, 1.54) is 4.80 Å². The summed E-state index contributed by atoms with van der Waals surface area (Å²) < 4.78 is 23.6. The number of carbonyl (C=O) groups is 1. The normalized spacial score (nSPS) is 20.0. The van der Waals surface area contributed by atoms with Gasteiger partial charge < -0.3 is 4.90 Å². The Morgan fingerprint density at radius 3 is 2.69 bits per heavy atom. The van der Waals surface area contributed by atoms with Gasteiger partial charge in [0.15, 0.2) is 9.84 Å². The molecule has 0 N–H and O–H groups in total. The molecule has 0 radical (unpaired) electrons. The first kappa shape index (κ1) is 18.5. The van der Waals surface area contributed by atoms with Crippen molar-refractivity contribution >= 4 is 15.7 Å². The highest BCUT2D eigenvalue weighted by Crippen LogP contribution is 2.22. The number of hydrogen-bond acceptors (Lipinski definition) is 6. The molecule has 1 aliphatic rings. The summed E-state index contributed by atoms with van der Waals surface area (Å²) in [6.45, 7) is 3.86. The number of sulfone groups is 1. The molecule has 1 saturated heterocycles. The van der Waals surface area contributed by atoms with Crippen LogP contribution in [0.1, 0.15) is 26.7 Å². The lowest BCUT2D eigenvalue weighted by molar-refractivity contribution is -0.136. The second kappa shape index (κ2) is 7.53.